The van der Waals surface area contributed by atoms with Gasteiger partial charge in [-0.15, -0.1) is 23.5 Å². The van der Waals surface area contributed by atoms with E-state index in [-0.39, 0.29) is 21.4 Å². The van der Waals surface area contributed by atoms with E-state index in [1.807, 2.05) is 0 Å². The molecule has 0 bridgehead atoms. The lowest BCUT2D eigenvalue weighted by Gasteiger charge is -2.57. The molecule has 5 heteroatoms. The predicted octanol–water partition coefficient (Wildman–Crippen LogP) is 4.97. The third-order valence-corrected chi connectivity index (χ3v) is 10.5. The molecule has 3 aliphatic rings. The molecule has 0 amide bonds. The third kappa shape index (κ3) is 2.46. The SMILES string of the molecule is COC(=O)C1(C)CCCC2(C)c3cc(OC)ccc3C3(CC12)SCCS3. The van der Waals surface area contributed by atoms with Gasteiger partial charge in [-0.1, -0.05) is 19.4 Å². The average molecular weight is 393 g/mol. The molecule has 1 aromatic rings. The Bertz CT molecular complexity index is 728. The van der Waals surface area contributed by atoms with Crippen LogP contribution in [0.1, 0.15) is 50.7 Å². The summed E-state index contributed by atoms with van der Waals surface area (Å²) in [5.41, 5.74) is 2.42. The van der Waals surface area contributed by atoms with Crippen molar-refractivity contribution in [2.45, 2.75) is 49.0 Å². The largest absolute Gasteiger partial charge is 0.497 e. The third-order valence-electron chi connectivity index (χ3n) is 7.06. The van der Waals surface area contributed by atoms with Crippen LogP contribution in [0, 0.1) is 11.3 Å². The van der Waals surface area contributed by atoms with E-state index in [4.69, 9.17) is 9.47 Å². The Labute approximate surface area is 165 Å². The van der Waals surface area contributed by atoms with E-state index in [0.717, 1.165) is 31.4 Å². The molecule has 1 aromatic carbocycles. The van der Waals surface area contributed by atoms with Crippen molar-refractivity contribution in [1.82, 2.24) is 0 Å². The van der Waals surface area contributed by atoms with E-state index in [1.165, 1.54) is 29.7 Å². The van der Waals surface area contributed by atoms with Gasteiger partial charge in [-0.25, -0.2) is 0 Å². The van der Waals surface area contributed by atoms with E-state index in [9.17, 15) is 4.79 Å². The number of carbonyl (C=O) groups is 1. The van der Waals surface area contributed by atoms with Crippen molar-refractivity contribution in [2.24, 2.45) is 11.3 Å². The number of fused-ring (bicyclic) bond motifs is 4. The monoisotopic (exact) mass is 392 g/mol. The van der Waals surface area contributed by atoms with Gasteiger partial charge >= 0.3 is 5.97 Å². The van der Waals surface area contributed by atoms with Crippen molar-refractivity contribution in [3.8, 4) is 5.75 Å². The smallest absolute Gasteiger partial charge is 0.311 e. The fourth-order valence-corrected chi connectivity index (χ4v) is 9.08. The number of methoxy groups -OCH3 is 2. The molecule has 1 spiro atoms. The summed E-state index contributed by atoms with van der Waals surface area (Å²) in [6.45, 7) is 4.51. The first-order valence-electron chi connectivity index (χ1n) is 9.45. The van der Waals surface area contributed by atoms with Gasteiger partial charge in [-0.2, -0.15) is 0 Å². The Kier molecular flexibility index (Phi) is 4.54. The molecule has 142 valence electrons. The molecule has 0 aromatic heterocycles. The highest BCUT2D eigenvalue weighted by Crippen LogP contribution is 2.68. The number of ether oxygens (including phenoxy) is 2. The van der Waals surface area contributed by atoms with E-state index in [1.54, 1.807) is 7.11 Å². The standard InChI is InChI=1S/C21H28O3S2/c1-19-8-5-9-20(2,18(22)24-4)17(19)13-21(25-10-11-26-21)15-7-6-14(23-3)12-16(15)19/h6-7,12,17H,5,8-11,13H2,1-4H3. The van der Waals surface area contributed by atoms with Crippen LogP contribution in [-0.4, -0.2) is 31.7 Å². The Hall–Kier alpha value is -0.810. The molecule has 3 unspecified atom stereocenters. The number of benzene rings is 1. The number of hydrogen-bond acceptors (Lipinski definition) is 5. The van der Waals surface area contributed by atoms with Crippen LogP contribution >= 0.6 is 23.5 Å². The van der Waals surface area contributed by atoms with Gasteiger partial charge in [0, 0.05) is 11.5 Å². The van der Waals surface area contributed by atoms with Crippen molar-refractivity contribution >= 4 is 29.5 Å². The normalized spacial score (nSPS) is 34.8. The minimum atomic E-state index is -0.417. The molecule has 26 heavy (non-hydrogen) atoms. The van der Waals surface area contributed by atoms with Crippen molar-refractivity contribution in [1.29, 1.82) is 0 Å². The zero-order chi connectivity index (χ0) is 18.6. The molecule has 0 N–H and O–H groups in total. The summed E-state index contributed by atoms with van der Waals surface area (Å²) in [5, 5.41) is 0. The molecule has 2 fully saturated rings. The van der Waals surface area contributed by atoms with Gasteiger partial charge in [-0.05, 0) is 60.8 Å². The molecule has 4 rings (SSSR count). The second-order valence-electron chi connectivity index (χ2n) is 8.30. The summed E-state index contributed by atoms with van der Waals surface area (Å²) in [6.07, 6.45) is 4.15. The quantitative estimate of drug-likeness (QED) is 0.664. The minimum Gasteiger partial charge on any atom is -0.497 e. The molecule has 1 heterocycles. The van der Waals surface area contributed by atoms with Gasteiger partial charge in [0.2, 0.25) is 0 Å². The Morgan fingerprint density at radius 2 is 1.85 bits per heavy atom. The summed E-state index contributed by atoms with van der Waals surface area (Å²) in [5.74, 6) is 3.51. The van der Waals surface area contributed by atoms with Crippen molar-refractivity contribution in [2.75, 3.05) is 25.7 Å². The predicted molar refractivity (Wildman–Crippen MR) is 109 cm³/mol. The lowest BCUT2D eigenvalue weighted by molar-refractivity contribution is -0.161. The van der Waals surface area contributed by atoms with Crippen LogP contribution in [0.4, 0.5) is 0 Å². The van der Waals surface area contributed by atoms with Crippen LogP contribution in [-0.2, 0) is 19.0 Å². The zero-order valence-corrected chi connectivity index (χ0v) is 17.7. The fraction of sp³-hybridized carbons (Fsp3) is 0.667. The number of esters is 1. The molecular weight excluding hydrogens is 364 g/mol. The first kappa shape index (κ1) is 18.5. The maximum absolute atomic E-state index is 12.9. The highest BCUT2D eigenvalue weighted by molar-refractivity contribution is 8.20. The summed E-state index contributed by atoms with van der Waals surface area (Å²) in [7, 11) is 3.27. The highest BCUT2D eigenvalue weighted by Gasteiger charge is 2.61. The number of hydrogen-bond donors (Lipinski definition) is 0. The maximum atomic E-state index is 12.9. The average Bonchev–Trinajstić information content (AvgIpc) is 3.12. The van der Waals surface area contributed by atoms with Gasteiger partial charge in [-0.3, -0.25) is 4.79 Å². The van der Waals surface area contributed by atoms with Gasteiger partial charge in [0.05, 0.1) is 23.7 Å². The van der Waals surface area contributed by atoms with Gasteiger partial charge in [0.1, 0.15) is 5.75 Å². The van der Waals surface area contributed by atoms with Gasteiger partial charge in [0.15, 0.2) is 0 Å². The lowest BCUT2D eigenvalue weighted by atomic mass is 9.49. The lowest BCUT2D eigenvalue weighted by Crippen LogP contribution is -2.55. The molecule has 0 radical (unpaired) electrons. The van der Waals surface area contributed by atoms with Crippen LogP contribution in [0.15, 0.2) is 18.2 Å². The van der Waals surface area contributed by atoms with Crippen molar-refractivity contribution in [3.05, 3.63) is 29.3 Å². The molecular formula is C21H28O3S2. The Morgan fingerprint density at radius 1 is 1.12 bits per heavy atom. The first-order valence-corrected chi connectivity index (χ1v) is 11.4. The molecule has 1 aliphatic heterocycles. The molecule has 1 saturated carbocycles. The Morgan fingerprint density at radius 3 is 2.50 bits per heavy atom. The van der Waals surface area contributed by atoms with E-state index >= 15 is 0 Å². The highest BCUT2D eigenvalue weighted by atomic mass is 32.2. The second-order valence-corrected chi connectivity index (χ2v) is 11.3. The van der Waals surface area contributed by atoms with Crippen LogP contribution in [0.3, 0.4) is 0 Å². The van der Waals surface area contributed by atoms with Crippen LogP contribution in [0.25, 0.3) is 0 Å². The first-order chi connectivity index (χ1) is 12.4. The minimum absolute atomic E-state index is 0.0139. The van der Waals surface area contributed by atoms with E-state index in [0.29, 0.717) is 0 Å². The summed E-state index contributed by atoms with van der Waals surface area (Å²) in [6, 6.07) is 6.63. The topological polar surface area (TPSA) is 35.5 Å². The van der Waals surface area contributed by atoms with Crippen LogP contribution in [0.5, 0.6) is 5.75 Å². The van der Waals surface area contributed by atoms with Crippen molar-refractivity contribution < 1.29 is 14.3 Å². The number of carbonyl (C=O) groups excluding carboxylic acids is 1. The van der Waals surface area contributed by atoms with E-state index in [2.05, 4.69) is 55.6 Å². The summed E-state index contributed by atoms with van der Waals surface area (Å²) < 4.78 is 10.9. The van der Waals surface area contributed by atoms with E-state index < -0.39 is 5.41 Å². The fourth-order valence-electron chi connectivity index (χ4n) is 5.69. The Balaban J connectivity index is 1.92. The van der Waals surface area contributed by atoms with Crippen LogP contribution in [0.2, 0.25) is 0 Å². The maximum Gasteiger partial charge on any atom is 0.311 e. The molecule has 2 aliphatic carbocycles. The molecule has 3 nitrogen and oxygen atoms in total. The van der Waals surface area contributed by atoms with Crippen LogP contribution < -0.4 is 4.74 Å². The number of thioether (sulfide) groups is 2. The number of rotatable bonds is 2. The second kappa shape index (κ2) is 6.37. The van der Waals surface area contributed by atoms with Crippen molar-refractivity contribution in [3.63, 3.8) is 0 Å². The zero-order valence-electron chi connectivity index (χ0n) is 16.1. The van der Waals surface area contributed by atoms with Gasteiger partial charge in [0.25, 0.3) is 0 Å². The summed E-state index contributed by atoms with van der Waals surface area (Å²) in [4.78, 5) is 12.9. The molecule has 1 saturated heterocycles. The molecule has 3 atom stereocenters. The summed E-state index contributed by atoms with van der Waals surface area (Å²) >= 11 is 4.13. The van der Waals surface area contributed by atoms with Gasteiger partial charge < -0.3 is 9.47 Å².